The SMILES string of the molecule is CN(C)Cc1ccccc1CNC(=O)C1(N)CCOCC1. The van der Waals surface area contributed by atoms with E-state index in [0.29, 0.717) is 32.6 Å². The van der Waals surface area contributed by atoms with Crippen LogP contribution >= 0.6 is 0 Å². The van der Waals surface area contributed by atoms with Gasteiger partial charge >= 0.3 is 0 Å². The fourth-order valence-electron chi connectivity index (χ4n) is 2.54. The minimum atomic E-state index is -0.783. The number of nitrogens with zero attached hydrogens (tertiary/aromatic N) is 1. The predicted molar refractivity (Wildman–Crippen MR) is 82.7 cm³/mol. The Morgan fingerprint density at radius 3 is 2.52 bits per heavy atom. The second kappa shape index (κ2) is 7.02. The zero-order chi connectivity index (χ0) is 15.3. The third-order valence-electron chi connectivity index (χ3n) is 3.88. The first kappa shape index (κ1) is 15.9. The van der Waals surface area contributed by atoms with Crippen molar-refractivity contribution >= 4 is 5.91 Å². The molecule has 0 aliphatic carbocycles. The zero-order valence-electron chi connectivity index (χ0n) is 12.9. The number of ether oxygens (including phenoxy) is 1. The van der Waals surface area contributed by atoms with E-state index in [1.54, 1.807) is 0 Å². The van der Waals surface area contributed by atoms with E-state index in [-0.39, 0.29) is 5.91 Å². The molecular formula is C16H25N3O2. The van der Waals surface area contributed by atoms with Crippen LogP contribution in [0.2, 0.25) is 0 Å². The van der Waals surface area contributed by atoms with Crippen LogP contribution in [0.4, 0.5) is 0 Å². The Hall–Kier alpha value is -1.43. The number of amides is 1. The molecule has 0 aromatic heterocycles. The number of benzene rings is 1. The molecule has 1 aromatic rings. The zero-order valence-corrected chi connectivity index (χ0v) is 12.9. The Morgan fingerprint density at radius 1 is 1.29 bits per heavy atom. The van der Waals surface area contributed by atoms with E-state index in [2.05, 4.69) is 16.3 Å². The largest absolute Gasteiger partial charge is 0.381 e. The molecule has 21 heavy (non-hydrogen) atoms. The standard InChI is InChI=1S/C16H25N3O2/c1-19(2)12-14-6-4-3-5-13(14)11-18-15(20)16(17)7-9-21-10-8-16/h3-6H,7-12,17H2,1-2H3,(H,18,20). The summed E-state index contributed by atoms with van der Waals surface area (Å²) in [5.41, 5.74) is 7.76. The topological polar surface area (TPSA) is 67.6 Å². The molecule has 1 aliphatic rings. The van der Waals surface area contributed by atoms with E-state index in [1.165, 1.54) is 5.56 Å². The lowest BCUT2D eigenvalue weighted by Crippen LogP contribution is -2.56. The number of carbonyl (C=O) groups excluding carboxylic acids is 1. The lowest BCUT2D eigenvalue weighted by molar-refractivity contribution is -0.129. The Balaban J connectivity index is 1.98. The molecule has 1 fully saturated rings. The van der Waals surface area contributed by atoms with E-state index < -0.39 is 5.54 Å². The van der Waals surface area contributed by atoms with Crippen LogP contribution in [-0.4, -0.2) is 43.7 Å². The van der Waals surface area contributed by atoms with Crippen LogP contribution in [0.5, 0.6) is 0 Å². The fraction of sp³-hybridized carbons (Fsp3) is 0.562. The van der Waals surface area contributed by atoms with Crippen LogP contribution in [0.3, 0.4) is 0 Å². The number of nitrogens with two attached hydrogens (primary N) is 1. The predicted octanol–water partition coefficient (Wildman–Crippen LogP) is 0.872. The average molecular weight is 291 g/mol. The first-order chi connectivity index (χ1) is 10.0. The van der Waals surface area contributed by atoms with Crippen molar-refractivity contribution in [3.05, 3.63) is 35.4 Å². The number of hydrogen-bond acceptors (Lipinski definition) is 4. The number of carbonyl (C=O) groups is 1. The Morgan fingerprint density at radius 2 is 1.90 bits per heavy atom. The molecule has 116 valence electrons. The molecular weight excluding hydrogens is 266 g/mol. The molecule has 0 saturated carbocycles. The summed E-state index contributed by atoms with van der Waals surface area (Å²) < 4.78 is 5.28. The van der Waals surface area contributed by atoms with Gasteiger partial charge in [-0.25, -0.2) is 0 Å². The van der Waals surface area contributed by atoms with Crippen molar-refractivity contribution in [2.45, 2.75) is 31.5 Å². The molecule has 0 radical (unpaired) electrons. The first-order valence-corrected chi connectivity index (χ1v) is 7.38. The van der Waals surface area contributed by atoms with Gasteiger partial charge in [-0.1, -0.05) is 24.3 Å². The quantitative estimate of drug-likeness (QED) is 0.845. The van der Waals surface area contributed by atoms with Crippen molar-refractivity contribution in [3.63, 3.8) is 0 Å². The Bertz CT molecular complexity index is 482. The number of hydrogen-bond donors (Lipinski definition) is 2. The fourth-order valence-corrected chi connectivity index (χ4v) is 2.54. The van der Waals surface area contributed by atoms with Crippen LogP contribution in [0.15, 0.2) is 24.3 Å². The number of nitrogens with one attached hydrogen (secondary N) is 1. The highest BCUT2D eigenvalue weighted by molar-refractivity contribution is 5.86. The highest BCUT2D eigenvalue weighted by atomic mass is 16.5. The summed E-state index contributed by atoms with van der Waals surface area (Å²) in [4.78, 5) is 14.4. The second-order valence-corrected chi connectivity index (χ2v) is 5.96. The van der Waals surface area contributed by atoms with Crippen molar-refractivity contribution in [3.8, 4) is 0 Å². The first-order valence-electron chi connectivity index (χ1n) is 7.38. The van der Waals surface area contributed by atoms with Crippen LogP contribution in [0, 0.1) is 0 Å². The maximum atomic E-state index is 12.3. The van der Waals surface area contributed by atoms with Crippen LogP contribution in [-0.2, 0) is 22.6 Å². The van der Waals surface area contributed by atoms with Gasteiger partial charge < -0.3 is 20.7 Å². The van der Waals surface area contributed by atoms with E-state index in [4.69, 9.17) is 10.5 Å². The van der Waals surface area contributed by atoms with Gasteiger partial charge in [0, 0.05) is 26.3 Å². The maximum Gasteiger partial charge on any atom is 0.240 e. The average Bonchev–Trinajstić information content (AvgIpc) is 2.46. The van der Waals surface area contributed by atoms with Crippen LogP contribution in [0.25, 0.3) is 0 Å². The van der Waals surface area contributed by atoms with Crippen LogP contribution < -0.4 is 11.1 Å². The van der Waals surface area contributed by atoms with Crippen molar-refractivity contribution in [2.75, 3.05) is 27.3 Å². The summed E-state index contributed by atoms with van der Waals surface area (Å²) in [5.74, 6) is -0.0783. The van der Waals surface area contributed by atoms with Crippen LogP contribution in [0.1, 0.15) is 24.0 Å². The minimum Gasteiger partial charge on any atom is -0.381 e. The molecule has 1 aliphatic heterocycles. The minimum absolute atomic E-state index is 0.0783. The van der Waals surface area contributed by atoms with Crippen molar-refractivity contribution in [1.29, 1.82) is 0 Å². The van der Waals surface area contributed by atoms with E-state index in [1.807, 2.05) is 32.3 Å². The third kappa shape index (κ3) is 4.27. The van der Waals surface area contributed by atoms with Crippen molar-refractivity contribution in [2.24, 2.45) is 5.73 Å². The molecule has 5 heteroatoms. The molecule has 3 N–H and O–H groups in total. The summed E-state index contributed by atoms with van der Waals surface area (Å²) in [5, 5.41) is 2.98. The van der Waals surface area contributed by atoms with Gasteiger partial charge in [0.05, 0.1) is 5.54 Å². The summed E-state index contributed by atoms with van der Waals surface area (Å²) in [6.45, 7) is 2.48. The smallest absolute Gasteiger partial charge is 0.240 e. The molecule has 1 aromatic carbocycles. The van der Waals surface area contributed by atoms with E-state index in [0.717, 1.165) is 12.1 Å². The van der Waals surface area contributed by atoms with E-state index >= 15 is 0 Å². The highest BCUT2D eigenvalue weighted by Gasteiger charge is 2.35. The normalized spacial score (nSPS) is 17.7. The van der Waals surface area contributed by atoms with Gasteiger partial charge in [0.1, 0.15) is 0 Å². The van der Waals surface area contributed by atoms with Crippen molar-refractivity contribution < 1.29 is 9.53 Å². The van der Waals surface area contributed by atoms with Crippen molar-refractivity contribution in [1.82, 2.24) is 10.2 Å². The Labute approximate surface area is 126 Å². The van der Waals surface area contributed by atoms with Gasteiger partial charge in [-0.3, -0.25) is 4.79 Å². The summed E-state index contributed by atoms with van der Waals surface area (Å²) >= 11 is 0. The summed E-state index contributed by atoms with van der Waals surface area (Å²) in [7, 11) is 4.07. The van der Waals surface area contributed by atoms with Gasteiger partial charge in [-0.05, 0) is 38.1 Å². The molecule has 1 saturated heterocycles. The Kier molecular flexibility index (Phi) is 5.33. The molecule has 2 rings (SSSR count). The van der Waals surface area contributed by atoms with Gasteiger partial charge in [0.25, 0.3) is 0 Å². The summed E-state index contributed by atoms with van der Waals surface area (Å²) in [6.07, 6.45) is 1.16. The third-order valence-corrected chi connectivity index (χ3v) is 3.88. The maximum absolute atomic E-state index is 12.3. The number of rotatable bonds is 5. The molecule has 5 nitrogen and oxygen atoms in total. The molecule has 0 unspecified atom stereocenters. The van der Waals surface area contributed by atoms with Gasteiger partial charge in [0.15, 0.2) is 0 Å². The molecule has 1 heterocycles. The van der Waals surface area contributed by atoms with Gasteiger partial charge in [-0.2, -0.15) is 0 Å². The van der Waals surface area contributed by atoms with E-state index in [9.17, 15) is 4.79 Å². The van der Waals surface area contributed by atoms with Gasteiger partial charge in [0.2, 0.25) is 5.91 Å². The lowest BCUT2D eigenvalue weighted by Gasteiger charge is -2.31. The molecule has 1 amide bonds. The summed E-state index contributed by atoms with van der Waals surface area (Å²) in [6, 6.07) is 8.15. The molecule has 0 spiro atoms. The molecule has 0 atom stereocenters. The van der Waals surface area contributed by atoms with Gasteiger partial charge in [-0.15, -0.1) is 0 Å². The highest BCUT2D eigenvalue weighted by Crippen LogP contribution is 2.18. The molecule has 0 bridgehead atoms. The second-order valence-electron chi connectivity index (χ2n) is 5.96. The lowest BCUT2D eigenvalue weighted by atomic mass is 9.90. The monoisotopic (exact) mass is 291 g/mol.